The molecule has 0 aliphatic carbocycles. The molecule has 8 nitrogen and oxygen atoms in total. The number of hydrogen-bond donors (Lipinski definition) is 1. The maximum atomic E-state index is 15.4. The second-order valence-electron chi connectivity index (χ2n) is 10.9. The molecule has 1 aliphatic heterocycles. The SMILES string of the molecule is Cc1ccc(C(C)C)c(N2CCSC2=NC(=O)NC(C)C(F)c2ccc(-c3ncn(-c4ccc(OC(F)(F)F)cc4)n3)cc2)c1. The van der Waals surface area contributed by atoms with E-state index in [2.05, 4.69) is 62.1 Å². The third-order valence-electron chi connectivity index (χ3n) is 7.18. The van der Waals surface area contributed by atoms with E-state index in [1.54, 1.807) is 31.2 Å². The summed E-state index contributed by atoms with van der Waals surface area (Å²) in [5, 5.41) is 7.63. The van der Waals surface area contributed by atoms with Crippen LogP contribution in [0.2, 0.25) is 0 Å². The van der Waals surface area contributed by atoms with Gasteiger partial charge in [0.1, 0.15) is 18.2 Å². The van der Waals surface area contributed by atoms with Crippen LogP contribution in [0.1, 0.15) is 49.6 Å². The van der Waals surface area contributed by atoms with Gasteiger partial charge in [0, 0.05) is 23.5 Å². The lowest BCUT2D eigenvalue weighted by Crippen LogP contribution is -2.35. The first-order valence-electron chi connectivity index (χ1n) is 14.3. The van der Waals surface area contributed by atoms with Gasteiger partial charge >= 0.3 is 12.4 Å². The van der Waals surface area contributed by atoms with Crippen molar-refractivity contribution in [3.63, 3.8) is 0 Å². The molecule has 2 heterocycles. The molecule has 236 valence electrons. The van der Waals surface area contributed by atoms with Gasteiger partial charge in [-0.05, 0) is 66.8 Å². The Labute approximate surface area is 262 Å². The molecule has 0 spiro atoms. The van der Waals surface area contributed by atoms with Gasteiger partial charge in [0.25, 0.3) is 0 Å². The second-order valence-corrected chi connectivity index (χ2v) is 12.0. The van der Waals surface area contributed by atoms with Gasteiger partial charge in [-0.15, -0.1) is 18.3 Å². The van der Waals surface area contributed by atoms with Crippen molar-refractivity contribution in [3.05, 3.63) is 89.7 Å². The summed E-state index contributed by atoms with van der Waals surface area (Å²) in [7, 11) is 0. The van der Waals surface area contributed by atoms with E-state index in [-0.39, 0.29) is 5.75 Å². The molecule has 0 bridgehead atoms. The highest BCUT2D eigenvalue weighted by Gasteiger charge is 2.31. The summed E-state index contributed by atoms with van der Waals surface area (Å²) >= 11 is 1.50. The molecule has 0 radical (unpaired) electrons. The fraction of sp³-hybridized carbons (Fsp3) is 0.312. The largest absolute Gasteiger partial charge is 0.573 e. The number of nitrogens with one attached hydrogen (secondary N) is 1. The smallest absolute Gasteiger partial charge is 0.406 e. The van der Waals surface area contributed by atoms with Crippen molar-refractivity contribution in [2.45, 2.75) is 52.2 Å². The van der Waals surface area contributed by atoms with E-state index in [4.69, 9.17) is 0 Å². The van der Waals surface area contributed by atoms with Crippen molar-refractivity contribution in [3.8, 4) is 22.8 Å². The van der Waals surface area contributed by atoms with Crippen LogP contribution < -0.4 is 15.0 Å². The molecule has 0 saturated carbocycles. The Bertz CT molecular complexity index is 1670. The number of thioether (sulfide) groups is 1. The van der Waals surface area contributed by atoms with Crippen LogP contribution in [-0.4, -0.2) is 50.7 Å². The highest BCUT2D eigenvalue weighted by atomic mass is 32.2. The monoisotopic (exact) mass is 640 g/mol. The highest BCUT2D eigenvalue weighted by Crippen LogP contribution is 2.34. The Morgan fingerprint density at radius 3 is 2.42 bits per heavy atom. The first-order valence-corrected chi connectivity index (χ1v) is 15.3. The Morgan fingerprint density at radius 1 is 1.04 bits per heavy atom. The van der Waals surface area contributed by atoms with Crippen molar-refractivity contribution in [1.29, 1.82) is 0 Å². The number of amidine groups is 1. The van der Waals surface area contributed by atoms with Crippen molar-refractivity contribution in [2.24, 2.45) is 4.99 Å². The van der Waals surface area contributed by atoms with Crippen molar-refractivity contribution in [1.82, 2.24) is 20.1 Å². The number of hydrogen-bond acceptors (Lipinski definition) is 5. The normalized spacial score (nSPS) is 15.8. The van der Waals surface area contributed by atoms with Crippen LogP contribution in [0.3, 0.4) is 0 Å². The number of rotatable bonds is 8. The van der Waals surface area contributed by atoms with Crippen molar-refractivity contribution >= 4 is 28.6 Å². The molecule has 45 heavy (non-hydrogen) atoms. The summed E-state index contributed by atoms with van der Waals surface area (Å²) in [6.07, 6.45) is -4.85. The van der Waals surface area contributed by atoms with Crippen LogP contribution in [0.15, 0.2) is 78.0 Å². The lowest BCUT2D eigenvalue weighted by Gasteiger charge is -2.24. The number of alkyl halides is 4. The van der Waals surface area contributed by atoms with Crippen LogP contribution in [0.4, 0.5) is 28.0 Å². The van der Waals surface area contributed by atoms with Crippen LogP contribution in [0, 0.1) is 6.92 Å². The molecule has 2 unspecified atom stereocenters. The number of nitrogens with zero attached hydrogens (tertiary/aromatic N) is 5. The predicted molar refractivity (Wildman–Crippen MR) is 168 cm³/mol. The van der Waals surface area contributed by atoms with E-state index in [0.717, 1.165) is 23.5 Å². The number of amides is 2. The van der Waals surface area contributed by atoms with Crippen LogP contribution in [0.5, 0.6) is 5.75 Å². The zero-order chi connectivity index (χ0) is 32.3. The van der Waals surface area contributed by atoms with E-state index in [9.17, 15) is 18.0 Å². The number of aliphatic imine (C=N–C) groups is 1. The number of halogens is 4. The molecule has 13 heteroatoms. The van der Waals surface area contributed by atoms with Gasteiger partial charge in [-0.25, -0.2) is 18.9 Å². The van der Waals surface area contributed by atoms with Crippen molar-refractivity contribution in [2.75, 3.05) is 17.2 Å². The zero-order valence-electron chi connectivity index (χ0n) is 25.0. The van der Waals surface area contributed by atoms with Gasteiger partial charge in [-0.1, -0.05) is 62.0 Å². The third-order valence-corrected chi connectivity index (χ3v) is 8.13. The average molecular weight is 641 g/mol. The van der Waals surface area contributed by atoms with Crippen LogP contribution in [0.25, 0.3) is 17.1 Å². The molecule has 2 amide bonds. The molecule has 1 N–H and O–H groups in total. The first kappa shape index (κ1) is 32.0. The van der Waals surface area contributed by atoms with Crippen molar-refractivity contribution < 1.29 is 27.1 Å². The van der Waals surface area contributed by atoms with Gasteiger partial charge in [0.15, 0.2) is 11.0 Å². The quantitative estimate of drug-likeness (QED) is 0.197. The molecule has 1 aromatic heterocycles. The molecule has 3 aromatic carbocycles. The molecule has 1 fully saturated rings. The lowest BCUT2D eigenvalue weighted by molar-refractivity contribution is -0.274. The highest BCUT2D eigenvalue weighted by molar-refractivity contribution is 8.14. The zero-order valence-corrected chi connectivity index (χ0v) is 25.9. The van der Waals surface area contributed by atoms with Gasteiger partial charge < -0.3 is 15.0 Å². The van der Waals surface area contributed by atoms with Crippen LogP contribution in [-0.2, 0) is 0 Å². The Kier molecular flexibility index (Phi) is 9.47. The van der Waals surface area contributed by atoms with E-state index in [1.165, 1.54) is 52.6 Å². The number of carbonyl (C=O) groups is 1. The first-order chi connectivity index (χ1) is 21.4. The summed E-state index contributed by atoms with van der Waals surface area (Å²) in [6.45, 7) is 8.60. The fourth-order valence-corrected chi connectivity index (χ4v) is 5.86. The molecule has 1 saturated heterocycles. The summed E-state index contributed by atoms with van der Waals surface area (Å²) in [5.74, 6) is 1.09. The van der Waals surface area contributed by atoms with Gasteiger partial charge in [-0.2, -0.15) is 4.99 Å². The van der Waals surface area contributed by atoms with E-state index in [0.29, 0.717) is 33.7 Å². The van der Waals surface area contributed by atoms with E-state index < -0.39 is 24.6 Å². The average Bonchev–Trinajstić information content (AvgIpc) is 3.66. The summed E-state index contributed by atoms with van der Waals surface area (Å²) < 4.78 is 58.0. The number of ether oxygens (including phenoxy) is 1. The molecular weight excluding hydrogens is 608 g/mol. The second kappa shape index (κ2) is 13.3. The minimum absolute atomic E-state index is 0.300. The van der Waals surface area contributed by atoms with Crippen LogP contribution >= 0.6 is 11.8 Å². The summed E-state index contributed by atoms with van der Waals surface area (Å²) in [4.78, 5) is 23.5. The molecule has 1 aliphatic rings. The van der Waals surface area contributed by atoms with Gasteiger partial charge in [-0.3, -0.25) is 0 Å². The fourth-order valence-electron chi connectivity index (χ4n) is 4.91. The molecule has 2 atom stereocenters. The number of anilines is 1. The maximum Gasteiger partial charge on any atom is 0.573 e. The predicted octanol–water partition coefficient (Wildman–Crippen LogP) is 7.98. The molecule has 4 aromatic rings. The Morgan fingerprint density at radius 2 is 1.76 bits per heavy atom. The molecular formula is C32H32F4N6O2S. The standard InChI is InChI=1S/C32H32F4N6O2S/c1-19(2)26-14-5-20(3)17-27(26)41-15-16-45-31(41)39-30(43)38-21(4)28(33)22-6-8-23(9-7-22)29-37-18-42(40-29)24-10-12-25(13-11-24)44-32(34,35)36/h5-14,17-19,21,28H,15-16H2,1-4H3,(H,38,43). The number of benzene rings is 3. The Balaban J connectivity index is 1.22. The number of carbonyl (C=O) groups excluding carboxylic acids is 1. The van der Waals surface area contributed by atoms with E-state index in [1.807, 2.05) is 6.92 Å². The number of aromatic nitrogens is 3. The topological polar surface area (TPSA) is 84.6 Å². The minimum Gasteiger partial charge on any atom is -0.406 e. The van der Waals surface area contributed by atoms with Gasteiger partial charge in [0.05, 0.1) is 11.7 Å². The third kappa shape index (κ3) is 7.83. The summed E-state index contributed by atoms with van der Waals surface area (Å²) in [6, 6.07) is 16.6. The summed E-state index contributed by atoms with van der Waals surface area (Å²) in [5.41, 5.74) is 4.78. The molecule has 5 rings (SSSR count). The lowest BCUT2D eigenvalue weighted by atomic mass is 9.99. The minimum atomic E-state index is -4.78. The number of urea groups is 1. The Hall–Kier alpha value is -4.39. The maximum absolute atomic E-state index is 15.4. The van der Waals surface area contributed by atoms with E-state index >= 15 is 4.39 Å². The number of aryl methyl sites for hydroxylation is 1. The van der Waals surface area contributed by atoms with Gasteiger partial charge in [0.2, 0.25) is 0 Å².